The number of nitrogens with one attached hydrogen (secondary N) is 1. The molecule has 1 N–H and O–H groups in total. The van der Waals surface area contributed by atoms with E-state index in [1.54, 1.807) is 18.3 Å². The van der Waals surface area contributed by atoms with Crippen LogP contribution in [-0.2, 0) is 9.47 Å². The number of para-hydroxylation sites is 2. The summed E-state index contributed by atoms with van der Waals surface area (Å²) in [6.45, 7) is 3.23. The summed E-state index contributed by atoms with van der Waals surface area (Å²) < 4.78 is 16.3. The van der Waals surface area contributed by atoms with Crippen molar-refractivity contribution in [3.05, 3.63) is 41.6 Å². The molecule has 9 heteroatoms. The van der Waals surface area contributed by atoms with Crippen LogP contribution in [-0.4, -0.2) is 51.1 Å². The number of morpholine rings is 1. The van der Waals surface area contributed by atoms with E-state index in [2.05, 4.69) is 20.3 Å². The number of rotatable bonds is 4. The maximum absolute atomic E-state index is 6.46. The lowest BCUT2D eigenvalue weighted by Crippen LogP contribution is -2.37. The zero-order valence-corrected chi connectivity index (χ0v) is 15.6. The standard InChI is InChI=1S/C18H20ClN5O3/c1-25-16-5-3-2-4-15(16)21-18-22-24(12-27-18)13-10-14(19)17(20-11-13)23-6-8-26-9-7-23/h2-5,10-11H,6-9,12H2,1H3,(H,21,22). The van der Waals surface area contributed by atoms with Crippen molar-refractivity contribution < 1.29 is 14.2 Å². The summed E-state index contributed by atoms with van der Waals surface area (Å²) in [5.41, 5.74) is 4.58. The lowest BCUT2D eigenvalue weighted by Gasteiger charge is -2.28. The first-order valence-electron chi connectivity index (χ1n) is 8.61. The molecule has 0 atom stereocenters. The molecular weight excluding hydrogens is 370 g/mol. The Balaban J connectivity index is 1.48. The van der Waals surface area contributed by atoms with Crippen LogP contribution < -0.4 is 20.1 Å². The monoisotopic (exact) mass is 389 g/mol. The van der Waals surface area contributed by atoms with E-state index in [9.17, 15) is 0 Å². The molecule has 0 radical (unpaired) electrons. The number of hydrogen-bond acceptors (Lipinski definition) is 7. The van der Waals surface area contributed by atoms with Crippen LogP contribution in [0.1, 0.15) is 0 Å². The summed E-state index contributed by atoms with van der Waals surface area (Å²) in [5.74, 6) is 1.44. The lowest BCUT2D eigenvalue weighted by atomic mass is 10.3. The summed E-state index contributed by atoms with van der Waals surface area (Å²) >= 11 is 6.46. The van der Waals surface area contributed by atoms with Gasteiger partial charge in [-0.25, -0.2) is 15.4 Å². The summed E-state index contributed by atoms with van der Waals surface area (Å²) in [6, 6.07) is 9.73. The van der Waals surface area contributed by atoms with Crippen molar-refractivity contribution >= 4 is 34.8 Å². The molecule has 1 aromatic heterocycles. The van der Waals surface area contributed by atoms with E-state index in [0.717, 1.165) is 24.6 Å². The summed E-state index contributed by atoms with van der Waals surface area (Å²) in [4.78, 5) is 11.1. The predicted molar refractivity (Wildman–Crippen MR) is 104 cm³/mol. The number of hydrazine groups is 1. The molecule has 3 heterocycles. The number of benzene rings is 1. The molecule has 2 aliphatic heterocycles. The van der Waals surface area contributed by atoms with Gasteiger partial charge in [-0.15, -0.1) is 0 Å². The Morgan fingerprint density at radius 2 is 2.07 bits per heavy atom. The molecule has 8 nitrogen and oxygen atoms in total. The minimum atomic E-state index is 0.295. The number of aliphatic imine (C=N–C) groups is 1. The molecule has 1 aromatic carbocycles. The van der Waals surface area contributed by atoms with Gasteiger partial charge in [-0.2, -0.15) is 4.99 Å². The van der Waals surface area contributed by atoms with Crippen LogP contribution in [0.5, 0.6) is 5.75 Å². The molecule has 4 rings (SSSR count). The van der Waals surface area contributed by atoms with Gasteiger partial charge >= 0.3 is 6.02 Å². The third-order valence-corrected chi connectivity index (χ3v) is 4.58. The van der Waals surface area contributed by atoms with Crippen molar-refractivity contribution in [3.63, 3.8) is 0 Å². The van der Waals surface area contributed by atoms with Gasteiger partial charge in [0.15, 0.2) is 6.73 Å². The maximum Gasteiger partial charge on any atom is 0.311 e. The molecule has 0 bridgehead atoms. The topological polar surface area (TPSA) is 71.5 Å². The van der Waals surface area contributed by atoms with Crippen molar-refractivity contribution in [2.75, 3.05) is 50.1 Å². The first-order valence-corrected chi connectivity index (χ1v) is 8.99. The highest BCUT2D eigenvalue weighted by Gasteiger charge is 2.22. The van der Waals surface area contributed by atoms with Crippen LogP contribution in [0.3, 0.4) is 0 Å². The molecule has 0 aliphatic carbocycles. The zero-order chi connectivity index (χ0) is 18.6. The van der Waals surface area contributed by atoms with Crippen molar-refractivity contribution in [2.45, 2.75) is 0 Å². The number of methoxy groups -OCH3 is 1. The largest absolute Gasteiger partial charge is 0.494 e. The average molecular weight is 390 g/mol. The number of ether oxygens (including phenoxy) is 3. The lowest BCUT2D eigenvalue weighted by molar-refractivity contribution is 0.122. The minimum absolute atomic E-state index is 0.295. The number of anilines is 2. The highest BCUT2D eigenvalue weighted by molar-refractivity contribution is 6.33. The molecule has 2 saturated heterocycles. The number of amidine groups is 1. The van der Waals surface area contributed by atoms with Gasteiger partial charge in [0.25, 0.3) is 0 Å². The highest BCUT2D eigenvalue weighted by atomic mass is 35.5. The van der Waals surface area contributed by atoms with Gasteiger partial charge in [-0.05, 0) is 18.2 Å². The Kier molecular flexibility index (Phi) is 5.17. The minimum Gasteiger partial charge on any atom is -0.494 e. The molecule has 2 aromatic rings. The van der Waals surface area contributed by atoms with E-state index in [1.165, 1.54) is 0 Å². The van der Waals surface area contributed by atoms with Crippen LogP contribution >= 0.6 is 11.6 Å². The van der Waals surface area contributed by atoms with Crippen LogP contribution in [0.15, 0.2) is 41.5 Å². The molecule has 0 unspecified atom stereocenters. The Hall–Kier alpha value is -2.71. The molecule has 27 heavy (non-hydrogen) atoms. The highest BCUT2D eigenvalue weighted by Crippen LogP contribution is 2.30. The predicted octanol–water partition coefficient (Wildman–Crippen LogP) is 2.57. The molecule has 0 amide bonds. The number of hydrogen-bond donors (Lipinski definition) is 1. The van der Waals surface area contributed by atoms with Crippen LogP contribution in [0.4, 0.5) is 17.2 Å². The number of pyridine rings is 1. The molecule has 142 valence electrons. The number of halogens is 1. The maximum atomic E-state index is 6.46. The van der Waals surface area contributed by atoms with E-state index in [-0.39, 0.29) is 0 Å². The van der Waals surface area contributed by atoms with Crippen molar-refractivity contribution in [1.82, 2.24) is 10.4 Å². The number of aromatic nitrogens is 1. The van der Waals surface area contributed by atoms with Crippen molar-refractivity contribution in [3.8, 4) is 5.75 Å². The second-order valence-corrected chi connectivity index (χ2v) is 6.41. The SMILES string of the molecule is COc1ccccc1N=C1NN(c2cnc(N3CCOCC3)c(Cl)c2)CO1. The molecular formula is C18H20ClN5O3. The van der Waals surface area contributed by atoms with E-state index in [4.69, 9.17) is 25.8 Å². The summed E-state index contributed by atoms with van der Waals surface area (Å²) in [7, 11) is 1.61. The Labute approximate surface area is 162 Å². The summed E-state index contributed by atoms with van der Waals surface area (Å²) in [6.07, 6.45) is 1.76. The Bertz CT molecular complexity index is 841. The molecule has 2 fully saturated rings. The average Bonchev–Trinajstić information content (AvgIpc) is 3.17. The third kappa shape index (κ3) is 3.86. The van der Waals surface area contributed by atoms with Crippen molar-refractivity contribution in [2.24, 2.45) is 4.99 Å². The van der Waals surface area contributed by atoms with Gasteiger partial charge in [0.05, 0.1) is 37.2 Å². The quantitative estimate of drug-likeness (QED) is 0.861. The van der Waals surface area contributed by atoms with Gasteiger partial charge in [0.1, 0.15) is 17.3 Å². The van der Waals surface area contributed by atoms with Crippen LogP contribution in [0.2, 0.25) is 5.02 Å². The van der Waals surface area contributed by atoms with E-state index < -0.39 is 0 Å². The summed E-state index contributed by atoms with van der Waals surface area (Å²) in [5, 5.41) is 2.38. The van der Waals surface area contributed by atoms with Crippen LogP contribution in [0, 0.1) is 0 Å². The zero-order valence-electron chi connectivity index (χ0n) is 14.9. The second-order valence-electron chi connectivity index (χ2n) is 6.00. The van der Waals surface area contributed by atoms with Gasteiger partial charge in [0.2, 0.25) is 0 Å². The third-order valence-electron chi connectivity index (χ3n) is 4.30. The Morgan fingerprint density at radius 1 is 1.26 bits per heavy atom. The first kappa shape index (κ1) is 17.7. The molecule has 0 saturated carbocycles. The Morgan fingerprint density at radius 3 is 2.85 bits per heavy atom. The van der Waals surface area contributed by atoms with Crippen LogP contribution in [0.25, 0.3) is 0 Å². The van der Waals surface area contributed by atoms with E-state index >= 15 is 0 Å². The van der Waals surface area contributed by atoms with Gasteiger partial charge in [-0.3, -0.25) is 0 Å². The fraction of sp³-hybridized carbons (Fsp3) is 0.333. The second kappa shape index (κ2) is 7.89. The fourth-order valence-corrected chi connectivity index (χ4v) is 3.19. The van der Waals surface area contributed by atoms with E-state index in [1.807, 2.05) is 30.3 Å². The normalized spacial score (nSPS) is 18.4. The molecule has 2 aliphatic rings. The first-order chi connectivity index (χ1) is 13.2. The van der Waals surface area contributed by atoms with Gasteiger partial charge < -0.3 is 19.1 Å². The van der Waals surface area contributed by atoms with Gasteiger partial charge in [0, 0.05) is 13.1 Å². The number of nitrogens with zero attached hydrogens (tertiary/aromatic N) is 4. The van der Waals surface area contributed by atoms with Crippen molar-refractivity contribution in [1.29, 1.82) is 0 Å². The smallest absolute Gasteiger partial charge is 0.311 e. The van der Waals surface area contributed by atoms with E-state index in [0.29, 0.717) is 42.4 Å². The van der Waals surface area contributed by atoms with Gasteiger partial charge in [-0.1, -0.05) is 23.7 Å². The molecule has 0 spiro atoms. The fourth-order valence-electron chi connectivity index (χ4n) is 2.91.